The molecule has 4 nitrogen and oxygen atoms in total. The van der Waals surface area contributed by atoms with Crippen LogP contribution in [0.2, 0.25) is 5.02 Å². The normalized spacial score (nSPS) is 18.4. The summed E-state index contributed by atoms with van der Waals surface area (Å²) in [6.45, 7) is 3.78. The SMILES string of the molecule is O=C(O)c1cccc2c1CC[C@H]1CN(Cc3ccccc3-c3ccc(Cl)cc3)CCN21. The second-order valence-electron chi connectivity index (χ2n) is 8.39. The molecule has 0 amide bonds. The number of carbonyl (C=O) groups is 1. The summed E-state index contributed by atoms with van der Waals surface area (Å²) < 4.78 is 0. The highest BCUT2D eigenvalue weighted by molar-refractivity contribution is 6.30. The minimum absolute atomic E-state index is 0.424. The number of anilines is 1. The third-order valence-corrected chi connectivity index (χ3v) is 6.80. The van der Waals surface area contributed by atoms with Crippen molar-refractivity contribution in [1.29, 1.82) is 0 Å². The van der Waals surface area contributed by atoms with Crippen molar-refractivity contribution < 1.29 is 9.90 Å². The predicted molar refractivity (Wildman–Crippen MR) is 125 cm³/mol. The molecule has 3 aromatic rings. The number of hydrogen-bond acceptors (Lipinski definition) is 3. The molecule has 1 saturated heterocycles. The van der Waals surface area contributed by atoms with Gasteiger partial charge in [-0.25, -0.2) is 4.79 Å². The van der Waals surface area contributed by atoms with Crippen molar-refractivity contribution >= 4 is 23.3 Å². The Bertz CT molecular complexity index is 1110. The molecule has 0 radical (unpaired) electrons. The van der Waals surface area contributed by atoms with E-state index < -0.39 is 5.97 Å². The molecule has 1 N–H and O–H groups in total. The number of aromatic carboxylic acids is 1. The van der Waals surface area contributed by atoms with Gasteiger partial charge in [-0.1, -0.05) is 54.1 Å². The van der Waals surface area contributed by atoms with E-state index in [0.717, 1.165) is 55.3 Å². The van der Waals surface area contributed by atoms with Crippen molar-refractivity contribution in [2.24, 2.45) is 0 Å². The number of piperazine rings is 1. The van der Waals surface area contributed by atoms with Crippen LogP contribution in [0.1, 0.15) is 27.9 Å². The molecule has 1 atom stereocenters. The van der Waals surface area contributed by atoms with Crippen LogP contribution < -0.4 is 4.90 Å². The van der Waals surface area contributed by atoms with Gasteiger partial charge in [-0.3, -0.25) is 4.90 Å². The summed E-state index contributed by atoms with van der Waals surface area (Å²) in [5.74, 6) is -0.826. The van der Waals surface area contributed by atoms with E-state index in [0.29, 0.717) is 11.6 Å². The van der Waals surface area contributed by atoms with E-state index in [9.17, 15) is 9.90 Å². The highest BCUT2D eigenvalue weighted by atomic mass is 35.5. The van der Waals surface area contributed by atoms with E-state index in [4.69, 9.17) is 11.6 Å². The summed E-state index contributed by atoms with van der Waals surface area (Å²) in [4.78, 5) is 16.6. The van der Waals surface area contributed by atoms with E-state index in [1.807, 2.05) is 18.2 Å². The van der Waals surface area contributed by atoms with E-state index in [2.05, 4.69) is 52.3 Å². The van der Waals surface area contributed by atoms with Gasteiger partial charge in [0, 0.05) is 42.9 Å². The van der Waals surface area contributed by atoms with Crippen molar-refractivity contribution in [2.75, 3.05) is 24.5 Å². The summed E-state index contributed by atoms with van der Waals surface area (Å²) in [6.07, 6.45) is 1.82. The molecule has 0 aromatic heterocycles. The molecule has 5 heteroatoms. The molecule has 5 rings (SSSR count). The molecule has 0 saturated carbocycles. The van der Waals surface area contributed by atoms with Crippen molar-refractivity contribution in [3.05, 3.63) is 88.4 Å². The smallest absolute Gasteiger partial charge is 0.336 e. The molecular weight excluding hydrogens is 408 g/mol. The third-order valence-electron chi connectivity index (χ3n) is 6.55. The molecule has 31 heavy (non-hydrogen) atoms. The second kappa shape index (κ2) is 8.37. The Morgan fingerprint density at radius 2 is 1.81 bits per heavy atom. The number of hydrogen-bond donors (Lipinski definition) is 1. The lowest BCUT2D eigenvalue weighted by molar-refractivity contribution is 0.0695. The van der Waals surface area contributed by atoms with Gasteiger partial charge in [-0.15, -0.1) is 0 Å². The van der Waals surface area contributed by atoms with Crippen LogP contribution in [0.3, 0.4) is 0 Å². The minimum Gasteiger partial charge on any atom is -0.478 e. The number of carboxylic acids is 1. The van der Waals surface area contributed by atoms with E-state index in [-0.39, 0.29) is 0 Å². The van der Waals surface area contributed by atoms with E-state index >= 15 is 0 Å². The van der Waals surface area contributed by atoms with Crippen LogP contribution in [-0.2, 0) is 13.0 Å². The zero-order valence-corrected chi connectivity index (χ0v) is 18.1. The fourth-order valence-corrected chi connectivity index (χ4v) is 5.18. The monoisotopic (exact) mass is 432 g/mol. The van der Waals surface area contributed by atoms with Crippen LogP contribution in [0.5, 0.6) is 0 Å². The van der Waals surface area contributed by atoms with Crippen molar-refractivity contribution in [2.45, 2.75) is 25.4 Å². The van der Waals surface area contributed by atoms with Crippen molar-refractivity contribution in [1.82, 2.24) is 4.90 Å². The van der Waals surface area contributed by atoms with Gasteiger partial charge in [-0.05, 0) is 59.4 Å². The Balaban J connectivity index is 1.35. The lowest BCUT2D eigenvalue weighted by Crippen LogP contribution is -2.54. The molecule has 2 aliphatic heterocycles. The van der Waals surface area contributed by atoms with Gasteiger partial charge >= 0.3 is 5.97 Å². The quantitative estimate of drug-likeness (QED) is 0.604. The standard InChI is InChI=1S/C26H25ClN2O2/c27-20-10-8-18(9-11-20)22-5-2-1-4-19(22)16-28-14-15-29-21(17-28)12-13-23-24(26(30)31)6-3-7-25(23)29/h1-11,21H,12-17H2,(H,30,31)/t21-/m0/s1. The second-order valence-corrected chi connectivity index (χ2v) is 8.83. The molecule has 2 heterocycles. The molecular formula is C26H25ClN2O2. The maximum atomic E-state index is 11.6. The third kappa shape index (κ3) is 3.93. The highest BCUT2D eigenvalue weighted by Gasteiger charge is 2.33. The summed E-state index contributed by atoms with van der Waals surface area (Å²) in [5, 5.41) is 10.3. The van der Waals surface area contributed by atoms with Crippen LogP contribution in [0.4, 0.5) is 5.69 Å². The Kier molecular flexibility index (Phi) is 5.43. The minimum atomic E-state index is -0.826. The first-order valence-electron chi connectivity index (χ1n) is 10.8. The zero-order chi connectivity index (χ0) is 21.4. The first kappa shape index (κ1) is 20.1. The number of carboxylic acid groups (broad SMARTS) is 1. The fourth-order valence-electron chi connectivity index (χ4n) is 5.06. The molecule has 2 aliphatic rings. The van der Waals surface area contributed by atoms with Crippen LogP contribution in [0.25, 0.3) is 11.1 Å². The molecule has 1 fully saturated rings. The summed E-state index contributed by atoms with van der Waals surface area (Å²) in [6, 6.07) is 22.7. The molecule has 3 aromatic carbocycles. The topological polar surface area (TPSA) is 43.8 Å². The average Bonchev–Trinajstić information content (AvgIpc) is 2.79. The van der Waals surface area contributed by atoms with Gasteiger partial charge in [0.05, 0.1) is 5.56 Å². The Hall–Kier alpha value is -2.82. The Morgan fingerprint density at radius 3 is 2.61 bits per heavy atom. The maximum Gasteiger partial charge on any atom is 0.336 e. The van der Waals surface area contributed by atoms with Crippen molar-refractivity contribution in [3.8, 4) is 11.1 Å². The number of nitrogens with zero attached hydrogens (tertiary/aromatic N) is 2. The largest absolute Gasteiger partial charge is 0.478 e. The predicted octanol–water partition coefficient (Wildman–Crippen LogP) is 5.34. The molecule has 0 unspecified atom stereocenters. The van der Waals surface area contributed by atoms with Gasteiger partial charge in [-0.2, -0.15) is 0 Å². The van der Waals surface area contributed by atoms with Gasteiger partial charge in [0.2, 0.25) is 0 Å². The van der Waals surface area contributed by atoms with E-state index in [1.165, 1.54) is 16.7 Å². The van der Waals surface area contributed by atoms with E-state index in [1.54, 1.807) is 6.07 Å². The number of halogens is 1. The van der Waals surface area contributed by atoms with Gasteiger partial charge in [0.15, 0.2) is 0 Å². The van der Waals surface area contributed by atoms with Crippen LogP contribution in [-0.4, -0.2) is 41.7 Å². The lowest BCUT2D eigenvalue weighted by atomic mass is 9.90. The lowest BCUT2D eigenvalue weighted by Gasteiger charge is -2.46. The van der Waals surface area contributed by atoms with Gasteiger partial charge in [0.25, 0.3) is 0 Å². The van der Waals surface area contributed by atoms with Crippen LogP contribution in [0, 0.1) is 0 Å². The first-order chi connectivity index (χ1) is 15.1. The Labute approximate surface area is 187 Å². The number of fused-ring (bicyclic) bond motifs is 3. The molecule has 0 bridgehead atoms. The maximum absolute atomic E-state index is 11.6. The Morgan fingerprint density at radius 1 is 1.00 bits per heavy atom. The summed E-state index contributed by atoms with van der Waals surface area (Å²) >= 11 is 6.08. The van der Waals surface area contributed by atoms with Gasteiger partial charge < -0.3 is 10.0 Å². The van der Waals surface area contributed by atoms with Crippen LogP contribution >= 0.6 is 11.6 Å². The number of benzene rings is 3. The zero-order valence-electron chi connectivity index (χ0n) is 17.3. The molecule has 0 aliphatic carbocycles. The molecule has 0 spiro atoms. The van der Waals surface area contributed by atoms with Crippen molar-refractivity contribution in [3.63, 3.8) is 0 Å². The van der Waals surface area contributed by atoms with Gasteiger partial charge in [0.1, 0.15) is 0 Å². The molecule has 158 valence electrons. The number of rotatable bonds is 4. The highest BCUT2D eigenvalue weighted by Crippen LogP contribution is 2.35. The summed E-state index contributed by atoms with van der Waals surface area (Å²) in [5.41, 5.74) is 6.32. The van der Waals surface area contributed by atoms with Crippen LogP contribution in [0.15, 0.2) is 66.7 Å². The summed E-state index contributed by atoms with van der Waals surface area (Å²) in [7, 11) is 0. The first-order valence-corrected chi connectivity index (χ1v) is 11.2. The average molecular weight is 433 g/mol. The fraction of sp³-hybridized carbons (Fsp3) is 0.269.